The van der Waals surface area contributed by atoms with Crippen LogP contribution in [0.3, 0.4) is 0 Å². The molecule has 4 heteroatoms. The molecule has 1 rings (SSSR count). The first-order valence-corrected chi connectivity index (χ1v) is 4.54. The minimum absolute atomic E-state index is 0.115. The molecule has 0 N–H and O–H groups in total. The van der Waals surface area contributed by atoms with Crippen LogP contribution in [-0.4, -0.2) is 20.6 Å². The molecule has 0 saturated carbocycles. The predicted octanol–water partition coefficient (Wildman–Crippen LogP) is 1.61. The molecule has 0 aromatic carbocycles. The van der Waals surface area contributed by atoms with Gasteiger partial charge in [-0.05, 0) is 27.7 Å². The lowest BCUT2D eigenvalue weighted by atomic mass is 10.2. The lowest BCUT2D eigenvalue weighted by Gasteiger charge is -2.18. The number of rotatable bonds is 3. The van der Waals surface area contributed by atoms with Crippen molar-refractivity contribution < 1.29 is 4.74 Å². The Kier molecular flexibility index (Phi) is 3.03. The van der Waals surface area contributed by atoms with Crippen molar-refractivity contribution in [1.82, 2.24) is 15.0 Å². The fraction of sp³-hybridized carbons (Fsp3) is 0.778. The lowest BCUT2D eigenvalue weighted by molar-refractivity contribution is -0.0165. The van der Waals surface area contributed by atoms with Crippen molar-refractivity contribution in [2.75, 3.05) is 0 Å². The van der Waals surface area contributed by atoms with Crippen molar-refractivity contribution in [3.05, 3.63) is 11.9 Å². The summed E-state index contributed by atoms with van der Waals surface area (Å²) in [7, 11) is 0. The number of aryl methyl sites for hydroxylation is 1. The van der Waals surface area contributed by atoms with E-state index in [-0.39, 0.29) is 5.60 Å². The first-order valence-electron chi connectivity index (χ1n) is 4.54. The Morgan fingerprint density at radius 2 is 2.15 bits per heavy atom. The SMILES string of the molecule is CCn1cc(COC(C)(C)C)nn1. The molecule has 0 aliphatic rings. The van der Waals surface area contributed by atoms with Gasteiger partial charge in [-0.15, -0.1) is 5.10 Å². The highest BCUT2D eigenvalue weighted by atomic mass is 16.5. The van der Waals surface area contributed by atoms with Gasteiger partial charge in [-0.1, -0.05) is 5.21 Å². The van der Waals surface area contributed by atoms with Crippen molar-refractivity contribution in [1.29, 1.82) is 0 Å². The van der Waals surface area contributed by atoms with Crippen molar-refractivity contribution in [2.24, 2.45) is 0 Å². The third kappa shape index (κ3) is 3.55. The molecule has 0 atom stereocenters. The molecule has 13 heavy (non-hydrogen) atoms. The molecule has 4 nitrogen and oxygen atoms in total. The van der Waals surface area contributed by atoms with Gasteiger partial charge in [0, 0.05) is 6.54 Å². The van der Waals surface area contributed by atoms with Crippen LogP contribution in [0.15, 0.2) is 6.20 Å². The Balaban J connectivity index is 2.46. The summed E-state index contributed by atoms with van der Waals surface area (Å²) in [6, 6.07) is 0. The quantitative estimate of drug-likeness (QED) is 0.714. The highest BCUT2D eigenvalue weighted by Crippen LogP contribution is 2.09. The summed E-state index contributed by atoms with van der Waals surface area (Å²) in [5, 5.41) is 7.90. The van der Waals surface area contributed by atoms with E-state index in [1.165, 1.54) is 0 Å². The fourth-order valence-electron chi connectivity index (χ4n) is 0.850. The van der Waals surface area contributed by atoms with E-state index >= 15 is 0 Å². The second-order valence-corrected chi connectivity index (χ2v) is 3.97. The van der Waals surface area contributed by atoms with Gasteiger partial charge in [0.25, 0.3) is 0 Å². The summed E-state index contributed by atoms with van der Waals surface area (Å²) >= 11 is 0. The molecule has 0 fully saturated rings. The summed E-state index contributed by atoms with van der Waals surface area (Å²) in [6.07, 6.45) is 1.91. The van der Waals surface area contributed by atoms with Crippen LogP contribution in [0.25, 0.3) is 0 Å². The summed E-state index contributed by atoms with van der Waals surface area (Å²) in [5.74, 6) is 0. The van der Waals surface area contributed by atoms with Gasteiger partial charge in [0.05, 0.1) is 18.4 Å². The van der Waals surface area contributed by atoms with Crippen LogP contribution in [0.2, 0.25) is 0 Å². The molecule has 0 spiro atoms. The van der Waals surface area contributed by atoms with E-state index in [9.17, 15) is 0 Å². The third-order valence-corrected chi connectivity index (χ3v) is 1.56. The van der Waals surface area contributed by atoms with Crippen molar-refractivity contribution in [2.45, 2.75) is 46.4 Å². The van der Waals surface area contributed by atoms with E-state index in [0.29, 0.717) is 6.61 Å². The largest absolute Gasteiger partial charge is 0.369 e. The van der Waals surface area contributed by atoms with Crippen LogP contribution in [-0.2, 0) is 17.9 Å². The van der Waals surface area contributed by atoms with Crippen LogP contribution in [0, 0.1) is 0 Å². The van der Waals surface area contributed by atoms with Gasteiger partial charge < -0.3 is 4.74 Å². The molecule has 0 saturated heterocycles. The topological polar surface area (TPSA) is 39.9 Å². The maximum atomic E-state index is 5.56. The Morgan fingerprint density at radius 3 is 2.62 bits per heavy atom. The maximum Gasteiger partial charge on any atom is 0.108 e. The second kappa shape index (κ2) is 3.87. The molecule has 0 unspecified atom stereocenters. The van der Waals surface area contributed by atoms with Crippen LogP contribution in [0.1, 0.15) is 33.4 Å². The first kappa shape index (κ1) is 10.2. The summed E-state index contributed by atoms with van der Waals surface area (Å²) in [6.45, 7) is 9.49. The maximum absolute atomic E-state index is 5.56. The smallest absolute Gasteiger partial charge is 0.108 e. The van der Waals surface area contributed by atoms with Crippen LogP contribution >= 0.6 is 0 Å². The number of ether oxygens (including phenoxy) is 1. The summed E-state index contributed by atoms with van der Waals surface area (Å²) < 4.78 is 7.35. The second-order valence-electron chi connectivity index (χ2n) is 3.97. The summed E-state index contributed by atoms with van der Waals surface area (Å²) in [4.78, 5) is 0. The molecule has 0 amide bonds. The van der Waals surface area contributed by atoms with Gasteiger partial charge in [-0.2, -0.15) is 0 Å². The number of hydrogen-bond acceptors (Lipinski definition) is 3. The van der Waals surface area contributed by atoms with Gasteiger partial charge in [0.15, 0.2) is 0 Å². The van der Waals surface area contributed by atoms with Crippen LogP contribution < -0.4 is 0 Å². The molecule has 0 bridgehead atoms. The number of nitrogens with zero attached hydrogens (tertiary/aromatic N) is 3. The molecule has 74 valence electrons. The lowest BCUT2D eigenvalue weighted by Crippen LogP contribution is -2.18. The van der Waals surface area contributed by atoms with E-state index in [4.69, 9.17) is 4.74 Å². The molecule has 0 aliphatic heterocycles. The first-order chi connectivity index (χ1) is 6.01. The van der Waals surface area contributed by atoms with Crippen LogP contribution in [0.5, 0.6) is 0 Å². The van der Waals surface area contributed by atoms with E-state index in [1.54, 1.807) is 4.68 Å². The van der Waals surface area contributed by atoms with E-state index < -0.39 is 0 Å². The van der Waals surface area contributed by atoms with Crippen molar-refractivity contribution in [3.63, 3.8) is 0 Å². The normalized spacial score (nSPS) is 12.0. The minimum atomic E-state index is -0.115. The predicted molar refractivity (Wildman–Crippen MR) is 50.2 cm³/mol. The van der Waals surface area contributed by atoms with Gasteiger partial charge in [-0.25, -0.2) is 0 Å². The Labute approximate surface area is 78.9 Å². The van der Waals surface area contributed by atoms with E-state index in [1.807, 2.05) is 33.9 Å². The third-order valence-electron chi connectivity index (χ3n) is 1.56. The molecular weight excluding hydrogens is 166 g/mol. The number of aromatic nitrogens is 3. The number of hydrogen-bond donors (Lipinski definition) is 0. The van der Waals surface area contributed by atoms with E-state index in [2.05, 4.69) is 10.3 Å². The van der Waals surface area contributed by atoms with Crippen molar-refractivity contribution >= 4 is 0 Å². The average molecular weight is 183 g/mol. The van der Waals surface area contributed by atoms with Crippen LogP contribution in [0.4, 0.5) is 0 Å². The molecule has 1 aromatic rings. The zero-order valence-electron chi connectivity index (χ0n) is 8.74. The van der Waals surface area contributed by atoms with Crippen molar-refractivity contribution in [3.8, 4) is 0 Å². The highest BCUT2D eigenvalue weighted by molar-refractivity contribution is 4.89. The Hall–Kier alpha value is -0.900. The minimum Gasteiger partial charge on any atom is -0.369 e. The van der Waals surface area contributed by atoms with Gasteiger partial charge >= 0.3 is 0 Å². The zero-order chi connectivity index (χ0) is 9.90. The Bertz CT molecular complexity index is 262. The highest BCUT2D eigenvalue weighted by Gasteiger charge is 2.11. The Morgan fingerprint density at radius 1 is 1.46 bits per heavy atom. The van der Waals surface area contributed by atoms with E-state index in [0.717, 1.165) is 12.2 Å². The standard InChI is InChI=1S/C9H17N3O/c1-5-12-6-8(10-11-12)7-13-9(2,3)4/h6H,5,7H2,1-4H3. The zero-order valence-corrected chi connectivity index (χ0v) is 8.74. The van der Waals surface area contributed by atoms with Gasteiger partial charge in [-0.3, -0.25) is 4.68 Å². The molecule has 0 radical (unpaired) electrons. The van der Waals surface area contributed by atoms with Gasteiger partial charge in [0.1, 0.15) is 5.69 Å². The molecule has 1 heterocycles. The molecule has 0 aliphatic carbocycles. The average Bonchev–Trinajstić information content (AvgIpc) is 2.47. The molecule has 1 aromatic heterocycles. The van der Waals surface area contributed by atoms with Gasteiger partial charge in [0.2, 0.25) is 0 Å². The summed E-state index contributed by atoms with van der Waals surface area (Å²) in [5.41, 5.74) is 0.771. The monoisotopic (exact) mass is 183 g/mol. The molecular formula is C9H17N3O. The fourth-order valence-corrected chi connectivity index (χ4v) is 0.850.